The van der Waals surface area contributed by atoms with Crippen molar-refractivity contribution in [3.8, 4) is 0 Å². The van der Waals surface area contributed by atoms with Gasteiger partial charge < -0.3 is 9.30 Å². The molecule has 0 atom stereocenters. The Kier molecular flexibility index (Phi) is 5.10. The maximum absolute atomic E-state index is 11.7. The first-order chi connectivity index (χ1) is 9.31. The van der Waals surface area contributed by atoms with Crippen LogP contribution in [0.1, 0.15) is 17.4 Å². The molecule has 3 nitrogen and oxygen atoms in total. The largest absolute Gasteiger partial charge is 0.461 e. The molecule has 0 N–H and O–H groups in total. The van der Waals surface area contributed by atoms with Gasteiger partial charge in [0.25, 0.3) is 0 Å². The Bertz CT molecular complexity index is 522. The normalized spacial score (nSPS) is 10.4. The number of esters is 1. The highest BCUT2D eigenvalue weighted by atomic mass is 32.2. The van der Waals surface area contributed by atoms with Crippen molar-refractivity contribution in [2.24, 2.45) is 0 Å². The molecule has 0 fully saturated rings. The summed E-state index contributed by atoms with van der Waals surface area (Å²) < 4.78 is 6.96. The van der Waals surface area contributed by atoms with Gasteiger partial charge in [0.2, 0.25) is 0 Å². The highest BCUT2D eigenvalue weighted by Crippen LogP contribution is 2.17. The fourth-order valence-corrected chi connectivity index (χ4v) is 2.65. The predicted molar refractivity (Wildman–Crippen MR) is 77.6 cm³/mol. The summed E-state index contributed by atoms with van der Waals surface area (Å²) in [5, 5.41) is 0. The number of carbonyl (C=O) groups is 1. The van der Waals surface area contributed by atoms with Crippen LogP contribution in [-0.4, -0.2) is 22.9 Å². The maximum Gasteiger partial charge on any atom is 0.354 e. The summed E-state index contributed by atoms with van der Waals surface area (Å²) in [6.07, 6.45) is 1.91. The molecule has 100 valence electrons. The number of benzene rings is 1. The van der Waals surface area contributed by atoms with Crippen molar-refractivity contribution >= 4 is 17.7 Å². The fraction of sp³-hybridized carbons (Fsp3) is 0.267. The summed E-state index contributed by atoms with van der Waals surface area (Å²) in [7, 11) is 0. The Morgan fingerprint density at radius 1 is 1.21 bits per heavy atom. The quantitative estimate of drug-likeness (QED) is 0.597. The molecule has 0 aliphatic rings. The Morgan fingerprint density at radius 3 is 2.74 bits per heavy atom. The minimum Gasteiger partial charge on any atom is -0.461 e. The molecule has 2 rings (SSSR count). The zero-order valence-electron chi connectivity index (χ0n) is 10.9. The number of hydrogen-bond acceptors (Lipinski definition) is 3. The van der Waals surface area contributed by atoms with Crippen molar-refractivity contribution in [2.75, 3.05) is 12.4 Å². The van der Waals surface area contributed by atoms with Crippen LogP contribution in [-0.2, 0) is 11.3 Å². The van der Waals surface area contributed by atoms with Crippen LogP contribution >= 0.6 is 11.8 Å². The van der Waals surface area contributed by atoms with Crippen LogP contribution in [0.2, 0.25) is 0 Å². The van der Waals surface area contributed by atoms with Crippen LogP contribution in [0, 0.1) is 0 Å². The van der Waals surface area contributed by atoms with Crippen LogP contribution in [0.25, 0.3) is 0 Å². The first-order valence-corrected chi connectivity index (χ1v) is 7.30. The second-order valence-electron chi connectivity index (χ2n) is 3.97. The molecule has 0 spiro atoms. The summed E-state index contributed by atoms with van der Waals surface area (Å²) in [6.45, 7) is 3.01. The zero-order valence-corrected chi connectivity index (χ0v) is 11.7. The molecule has 0 saturated heterocycles. The van der Waals surface area contributed by atoms with Crippen molar-refractivity contribution in [3.05, 3.63) is 54.4 Å². The van der Waals surface area contributed by atoms with Gasteiger partial charge in [0, 0.05) is 23.4 Å². The van der Waals surface area contributed by atoms with E-state index >= 15 is 0 Å². The second-order valence-corrected chi connectivity index (χ2v) is 5.14. The van der Waals surface area contributed by atoms with E-state index in [9.17, 15) is 4.79 Å². The number of ether oxygens (including phenoxy) is 1. The standard InChI is InChI=1S/C15H17NO2S/c1-2-18-15(17)14-9-6-10-16(14)11-12-19-13-7-4-3-5-8-13/h3-10H,2,11-12H2,1H3. The molecule has 1 heterocycles. The summed E-state index contributed by atoms with van der Waals surface area (Å²) in [4.78, 5) is 13.0. The molecule has 0 aliphatic carbocycles. The molecule has 0 radical (unpaired) electrons. The van der Waals surface area contributed by atoms with Crippen molar-refractivity contribution in [2.45, 2.75) is 18.4 Å². The van der Waals surface area contributed by atoms with Crippen molar-refractivity contribution in [1.29, 1.82) is 0 Å². The molecular formula is C15H17NO2S. The summed E-state index contributed by atoms with van der Waals surface area (Å²) >= 11 is 1.78. The number of aromatic nitrogens is 1. The van der Waals surface area contributed by atoms with Crippen molar-refractivity contribution < 1.29 is 9.53 Å². The third kappa shape index (κ3) is 3.89. The predicted octanol–water partition coefficient (Wildman–Crippen LogP) is 3.46. The highest BCUT2D eigenvalue weighted by molar-refractivity contribution is 7.99. The summed E-state index contributed by atoms with van der Waals surface area (Å²) in [6, 6.07) is 13.9. The van der Waals surface area contributed by atoms with Gasteiger partial charge in [-0.1, -0.05) is 18.2 Å². The third-order valence-corrected chi connectivity index (χ3v) is 3.65. The van der Waals surface area contributed by atoms with Crippen molar-refractivity contribution in [1.82, 2.24) is 4.57 Å². The third-order valence-electron chi connectivity index (χ3n) is 2.66. The minimum absolute atomic E-state index is 0.253. The van der Waals surface area contributed by atoms with E-state index < -0.39 is 0 Å². The summed E-state index contributed by atoms with van der Waals surface area (Å²) in [5.41, 5.74) is 0.621. The summed E-state index contributed by atoms with van der Waals surface area (Å²) in [5.74, 6) is 0.669. The molecule has 0 aliphatic heterocycles. The number of aryl methyl sites for hydroxylation is 1. The van der Waals surface area contributed by atoms with Gasteiger partial charge in [0.1, 0.15) is 5.69 Å². The average Bonchev–Trinajstić information content (AvgIpc) is 2.89. The van der Waals surface area contributed by atoms with E-state index in [1.165, 1.54) is 4.90 Å². The molecule has 1 aromatic carbocycles. The van der Waals surface area contributed by atoms with E-state index in [2.05, 4.69) is 12.1 Å². The van der Waals surface area contributed by atoms with Crippen LogP contribution < -0.4 is 0 Å². The van der Waals surface area contributed by atoms with Gasteiger partial charge in [0.05, 0.1) is 6.61 Å². The van der Waals surface area contributed by atoms with Crippen LogP contribution in [0.15, 0.2) is 53.6 Å². The van der Waals surface area contributed by atoms with E-state index in [4.69, 9.17) is 4.74 Å². The second kappa shape index (κ2) is 7.04. The molecule has 0 unspecified atom stereocenters. The Morgan fingerprint density at radius 2 is 2.00 bits per heavy atom. The molecule has 4 heteroatoms. The molecular weight excluding hydrogens is 258 g/mol. The van der Waals surface area contributed by atoms with Crippen LogP contribution in [0.4, 0.5) is 0 Å². The SMILES string of the molecule is CCOC(=O)c1cccn1CCSc1ccccc1. The monoisotopic (exact) mass is 275 g/mol. The lowest BCUT2D eigenvalue weighted by Crippen LogP contribution is -2.12. The van der Waals surface area contributed by atoms with E-state index in [1.807, 2.05) is 42.0 Å². The highest BCUT2D eigenvalue weighted by Gasteiger charge is 2.11. The number of carbonyl (C=O) groups excluding carboxylic acids is 1. The Balaban J connectivity index is 1.90. The average molecular weight is 275 g/mol. The fourth-order valence-electron chi connectivity index (χ4n) is 1.78. The lowest BCUT2D eigenvalue weighted by molar-refractivity contribution is 0.0514. The molecule has 1 aromatic heterocycles. The van der Waals surface area contributed by atoms with Gasteiger partial charge in [-0.2, -0.15) is 0 Å². The van der Waals surface area contributed by atoms with Crippen molar-refractivity contribution in [3.63, 3.8) is 0 Å². The van der Waals surface area contributed by atoms with Gasteiger partial charge >= 0.3 is 5.97 Å². The smallest absolute Gasteiger partial charge is 0.354 e. The number of nitrogens with zero attached hydrogens (tertiary/aromatic N) is 1. The van der Waals surface area contributed by atoms with Gasteiger partial charge in [-0.05, 0) is 31.2 Å². The van der Waals surface area contributed by atoms with E-state index in [0.29, 0.717) is 12.3 Å². The number of rotatable bonds is 6. The van der Waals surface area contributed by atoms with E-state index in [-0.39, 0.29) is 5.97 Å². The molecule has 19 heavy (non-hydrogen) atoms. The topological polar surface area (TPSA) is 31.2 Å². The number of hydrogen-bond donors (Lipinski definition) is 0. The lowest BCUT2D eigenvalue weighted by Gasteiger charge is -2.08. The minimum atomic E-state index is -0.253. The Labute approximate surface area is 117 Å². The van der Waals surface area contributed by atoms with Gasteiger partial charge in [-0.25, -0.2) is 4.79 Å². The Hall–Kier alpha value is -1.68. The lowest BCUT2D eigenvalue weighted by atomic mass is 10.4. The first-order valence-electron chi connectivity index (χ1n) is 6.31. The maximum atomic E-state index is 11.7. The van der Waals surface area contributed by atoms with Gasteiger partial charge in [0.15, 0.2) is 0 Å². The number of thioether (sulfide) groups is 1. The van der Waals surface area contributed by atoms with E-state index in [1.54, 1.807) is 17.8 Å². The van der Waals surface area contributed by atoms with Crippen LogP contribution in [0.3, 0.4) is 0 Å². The molecule has 2 aromatic rings. The first kappa shape index (κ1) is 13.7. The molecule has 0 bridgehead atoms. The van der Waals surface area contributed by atoms with Gasteiger partial charge in [-0.3, -0.25) is 0 Å². The molecule has 0 amide bonds. The zero-order chi connectivity index (χ0) is 13.5. The van der Waals surface area contributed by atoms with E-state index in [0.717, 1.165) is 12.3 Å². The van der Waals surface area contributed by atoms with Gasteiger partial charge in [-0.15, -0.1) is 11.8 Å². The van der Waals surface area contributed by atoms with Crippen LogP contribution in [0.5, 0.6) is 0 Å². The molecule has 0 saturated carbocycles.